The van der Waals surface area contributed by atoms with Crippen molar-refractivity contribution >= 4 is 38.4 Å². The Morgan fingerprint density at radius 1 is 1.15 bits per heavy atom. The molecular formula is C25H22FN5O2S. The van der Waals surface area contributed by atoms with Gasteiger partial charge in [0.15, 0.2) is 0 Å². The smallest absolute Gasteiger partial charge is 0.264 e. The molecule has 172 valence electrons. The zero-order valence-corrected chi connectivity index (χ0v) is 19.5. The molecule has 0 aliphatic rings. The number of para-hydroxylation sites is 1. The SMILES string of the molecule is CCN(Cc1nc2ccccc2c(=O)[nH]1)C(=O)c1cc2c(C)nn(Cc3ccc(F)cc3)c2s1. The molecule has 0 unspecified atom stereocenters. The summed E-state index contributed by atoms with van der Waals surface area (Å²) in [5.74, 6) is 0.0300. The van der Waals surface area contributed by atoms with Crippen molar-refractivity contribution in [3.63, 3.8) is 0 Å². The number of aromatic amines is 1. The van der Waals surface area contributed by atoms with E-state index < -0.39 is 0 Å². The predicted octanol–water partition coefficient (Wildman–Crippen LogP) is 4.49. The number of nitrogens with zero attached hydrogens (tertiary/aromatic N) is 4. The van der Waals surface area contributed by atoms with E-state index in [-0.39, 0.29) is 23.8 Å². The van der Waals surface area contributed by atoms with E-state index in [0.29, 0.717) is 34.7 Å². The number of nitrogens with one attached hydrogen (secondary N) is 1. The van der Waals surface area contributed by atoms with Crippen molar-refractivity contribution in [3.05, 3.63) is 92.7 Å². The normalized spacial score (nSPS) is 11.4. The number of hydrogen-bond acceptors (Lipinski definition) is 5. The van der Waals surface area contributed by atoms with Crippen LogP contribution in [0.5, 0.6) is 0 Å². The number of H-pyrrole nitrogens is 1. The molecule has 0 saturated heterocycles. The standard InChI is InChI=1S/C25H22FN5O2S/c1-3-30(14-22-27-20-7-5-4-6-18(20)23(32)28-22)24(33)21-12-19-15(2)29-31(25(19)34-21)13-16-8-10-17(26)11-9-16/h4-12H,3,13-14H2,1-2H3,(H,27,28,32). The van der Waals surface area contributed by atoms with Gasteiger partial charge in [-0.3, -0.25) is 14.3 Å². The van der Waals surface area contributed by atoms with Crippen LogP contribution in [0.4, 0.5) is 4.39 Å². The van der Waals surface area contributed by atoms with Gasteiger partial charge in [0.05, 0.1) is 34.6 Å². The summed E-state index contributed by atoms with van der Waals surface area (Å²) in [5.41, 5.74) is 2.13. The molecule has 34 heavy (non-hydrogen) atoms. The molecule has 0 radical (unpaired) electrons. The number of aryl methyl sites for hydroxylation is 1. The number of carbonyl (C=O) groups excluding carboxylic acids is 1. The van der Waals surface area contributed by atoms with E-state index in [0.717, 1.165) is 21.5 Å². The number of hydrogen-bond donors (Lipinski definition) is 1. The van der Waals surface area contributed by atoms with Gasteiger partial charge in [-0.1, -0.05) is 24.3 Å². The van der Waals surface area contributed by atoms with E-state index in [4.69, 9.17) is 0 Å². The molecule has 5 aromatic rings. The Morgan fingerprint density at radius 2 is 1.91 bits per heavy atom. The van der Waals surface area contributed by atoms with E-state index in [1.165, 1.54) is 23.5 Å². The number of rotatable bonds is 6. The molecule has 0 fully saturated rings. The highest BCUT2D eigenvalue weighted by molar-refractivity contribution is 7.20. The van der Waals surface area contributed by atoms with Crippen LogP contribution in [-0.4, -0.2) is 37.1 Å². The largest absolute Gasteiger partial charge is 0.331 e. The fraction of sp³-hybridized carbons (Fsp3) is 0.200. The Labute approximate surface area is 198 Å². The molecule has 2 aromatic carbocycles. The van der Waals surface area contributed by atoms with Gasteiger partial charge < -0.3 is 9.88 Å². The molecule has 0 saturated carbocycles. The zero-order chi connectivity index (χ0) is 23.8. The molecule has 0 spiro atoms. The molecule has 5 rings (SSSR count). The Hall–Kier alpha value is -3.85. The molecule has 0 aliphatic heterocycles. The first-order valence-corrected chi connectivity index (χ1v) is 11.7. The van der Waals surface area contributed by atoms with Crippen molar-refractivity contribution in [1.29, 1.82) is 0 Å². The maximum atomic E-state index is 13.4. The van der Waals surface area contributed by atoms with Gasteiger partial charge in [-0.25, -0.2) is 9.37 Å². The third-order valence-electron chi connectivity index (χ3n) is 5.74. The summed E-state index contributed by atoms with van der Waals surface area (Å²) in [6, 6.07) is 15.3. The lowest BCUT2D eigenvalue weighted by Crippen LogP contribution is -2.31. The van der Waals surface area contributed by atoms with Gasteiger partial charge in [0.25, 0.3) is 11.5 Å². The summed E-state index contributed by atoms with van der Waals surface area (Å²) < 4.78 is 15.1. The third-order valence-corrected chi connectivity index (χ3v) is 6.87. The Bertz CT molecular complexity index is 1570. The molecule has 0 bridgehead atoms. The van der Waals surface area contributed by atoms with Crippen LogP contribution in [0.25, 0.3) is 21.1 Å². The lowest BCUT2D eigenvalue weighted by Gasteiger charge is -2.19. The number of carbonyl (C=O) groups is 1. The van der Waals surface area contributed by atoms with Crippen LogP contribution in [0.15, 0.2) is 59.4 Å². The molecule has 0 aliphatic carbocycles. The van der Waals surface area contributed by atoms with Crippen molar-refractivity contribution < 1.29 is 9.18 Å². The second-order valence-corrected chi connectivity index (χ2v) is 9.08. The highest BCUT2D eigenvalue weighted by Gasteiger charge is 2.21. The third kappa shape index (κ3) is 4.10. The van der Waals surface area contributed by atoms with Gasteiger partial charge in [0.1, 0.15) is 16.5 Å². The minimum atomic E-state index is -0.281. The van der Waals surface area contributed by atoms with Crippen molar-refractivity contribution in [2.45, 2.75) is 26.9 Å². The monoisotopic (exact) mass is 475 g/mol. The van der Waals surface area contributed by atoms with Crippen molar-refractivity contribution in [3.8, 4) is 0 Å². The second-order valence-electron chi connectivity index (χ2n) is 8.05. The summed E-state index contributed by atoms with van der Waals surface area (Å²) >= 11 is 1.38. The lowest BCUT2D eigenvalue weighted by atomic mass is 10.2. The van der Waals surface area contributed by atoms with Gasteiger partial charge in [-0.2, -0.15) is 5.10 Å². The number of halogens is 1. The van der Waals surface area contributed by atoms with E-state index >= 15 is 0 Å². The molecule has 1 amide bonds. The Morgan fingerprint density at radius 3 is 2.68 bits per heavy atom. The Kier molecular flexibility index (Phi) is 5.70. The topological polar surface area (TPSA) is 83.9 Å². The van der Waals surface area contributed by atoms with Crippen LogP contribution >= 0.6 is 11.3 Å². The second kappa shape index (κ2) is 8.83. The summed E-state index contributed by atoms with van der Waals surface area (Å²) in [6.07, 6.45) is 0. The first kappa shape index (κ1) is 22.0. The average Bonchev–Trinajstić information content (AvgIpc) is 3.39. The van der Waals surface area contributed by atoms with Crippen LogP contribution < -0.4 is 5.56 Å². The first-order chi connectivity index (χ1) is 16.4. The molecule has 3 heterocycles. The summed E-state index contributed by atoms with van der Waals surface area (Å²) in [5, 5.41) is 6.04. The maximum absolute atomic E-state index is 13.4. The summed E-state index contributed by atoms with van der Waals surface area (Å²) in [4.78, 5) is 36.2. The van der Waals surface area contributed by atoms with Crippen LogP contribution in [0, 0.1) is 12.7 Å². The molecule has 9 heteroatoms. The molecular weight excluding hydrogens is 453 g/mol. The summed E-state index contributed by atoms with van der Waals surface area (Å²) in [6.45, 7) is 4.95. The maximum Gasteiger partial charge on any atom is 0.264 e. The van der Waals surface area contributed by atoms with Gasteiger partial charge in [-0.15, -0.1) is 11.3 Å². The van der Waals surface area contributed by atoms with Crippen molar-refractivity contribution in [2.75, 3.05) is 6.54 Å². The number of thiophene rings is 1. The predicted molar refractivity (Wildman–Crippen MR) is 131 cm³/mol. The van der Waals surface area contributed by atoms with Crippen LogP contribution in [-0.2, 0) is 13.1 Å². The quantitative estimate of drug-likeness (QED) is 0.392. The summed E-state index contributed by atoms with van der Waals surface area (Å²) in [7, 11) is 0. The highest BCUT2D eigenvalue weighted by Crippen LogP contribution is 2.30. The molecule has 1 N–H and O–H groups in total. The van der Waals surface area contributed by atoms with Crippen LogP contribution in [0.1, 0.15) is 33.7 Å². The van der Waals surface area contributed by atoms with E-state index in [9.17, 15) is 14.0 Å². The van der Waals surface area contributed by atoms with Gasteiger partial charge in [-0.05, 0) is 49.7 Å². The molecule has 7 nitrogen and oxygen atoms in total. The van der Waals surface area contributed by atoms with Crippen molar-refractivity contribution in [2.24, 2.45) is 0 Å². The minimum Gasteiger partial charge on any atom is -0.331 e. The molecule has 3 aromatic heterocycles. The zero-order valence-electron chi connectivity index (χ0n) is 18.7. The minimum absolute atomic E-state index is 0.132. The van der Waals surface area contributed by atoms with E-state index in [1.807, 2.05) is 30.7 Å². The van der Waals surface area contributed by atoms with Crippen LogP contribution in [0.3, 0.4) is 0 Å². The number of amides is 1. The van der Waals surface area contributed by atoms with Gasteiger partial charge >= 0.3 is 0 Å². The van der Waals surface area contributed by atoms with E-state index in [1.54, 1.807) is 35.2 Å². The van der Waals surface area contributed by atoms with Gasteiger partial charge in [0, 0.05) is 11.9 Å². The van der Waals surface area contributed by atoms with Gasteiger partial charge in [0.2, 0.25) is 0 Å². The van der Waals surface area contributed by atoms with Crippen molar-refractivity contribution in [1.82, 2.24) is 24.6 Å². The van der Waals surface area contributed by atoms with Crippen LogP contribution in [0.2, 0.25) is 0 Å². The Balaban J connectivity index is 1.42. The fourth-order valence-corrected chi connectivity index (χ4v) is 5.09. The highest BCUT2D eigenvalue weighted by atomic mass is 32.1. The first-order valence-electron chi connectivity index (χ1n) is 10.9. The fourth-order valence-electron chi connectivity index (χ4n) is 3.96. The number of fused-ring (bicyclic) bond motifs is 2. The molecule has 0 atom stereocenters. The lowest BCUT2D eigenvalue weighted by molar-refractivity contribution is 0.0753. The number of benzene rings is 2. The average molecular weight is 476 g/mol. The number of aromatic nitrogens is 4. The van der Waals surface area contributed by atoms with E-state index in [2.05, 4.69) is 15.1 Å².